The number of halogens is 1. The Hall–Kier alpha value is -4.68. The van der Waals surface area contributed by atoms with Gasteiger partial charge < -0.3 is 29.9 Å². The first-order chi connectivity index (χ1) is 21.8. The fourth-order valence-corrected chi connectivity index (χ4v) is 5.75. The van der Waals surface area contributed by atoms with Crippen molar-refractivity contribution in [3.63, 3.8) is 0 Å². The van der Waals surface area contributed by atoms with E-state index in [1.165, 1.54) is 23.6 Å². The number of nitrogens with one attached hydrogen (secondary N) is 2. The minimum Gasteiger partial charge on any atom is -0.493 e. The number of benzene rings is 1. The average Bonchev–Trinajstić information content (AvgIpc) is 3.53. The summed E-state index contributed by atoms with van der Waals surface area (Å²) in [6, 6.07) is 11.0. The SMILES string of the molecule is C=CC(=O)N1CCN(c2ncc(-c3ccc(OC)c(Nc4ncc(C(=O)Nc5c(C)cccc5Cl)s4)n3)cc2OCCC)CC1. The van der Waals surface area contributed by atoms with Crippen molar-refractivity contribution in [2.24, 2.45) is 0 Å². The summed E-state index contributed by atoms with van der Waals surface area (Å²) < 4.78 is 11.7. The van der Waals surface area contributed by atoms with Gasteiger partial charge in [0.2, 0.25) is 5.91 Å². The number of hydrogen-bond acceptors (Lipinski definition) is 10. The Morgan fingerprint density at radius 3 is 2.62 bits per heavy atom. The van der Waals surface area contributed by atoms with Gasteiger partial charge in [0.25, 0.3) is 5.91 Å². The first-order valence-electron chi connectivity index (χ1n) is 14.4. The number of aromatic nitrogens is 3. The highest BCUT2D eigenvalue weighted by atomic mass is 35.5. The fourth-order valence-electron chi connectivity index (χ4n) is 4.77. The second-order valence-electron chi connectivity index (χ2n) is 10.2. The second kappa shape index (κ2) is 14.4. The minimum atomic E-state index is -0.315. The van der Waals surface area contributed by atoms with Gasteiger partial charge in [-0.05, 0) is 49.2 Å². The first-order valence-corrected chi connectivity index (χ1v) is 15.6. The van der Waals surface area contributed by atoms with Crippen LogP contribution in [0.3, 0.4) is 0 Å². The number of pyridine rings is 2. The van der Waals surface area contributed by atoms with Crippen LogP contribution in [0.25, 0.3) is 11.3 Å². The molecule has 11 nitrogen and oxygen atoms in total. The number of anilines is 4. The summed E-state index contributed by atoms with van der Waals surface area (Å²) in [5, 5.41) is 6.99. The predicted molar refractivity (Wildman–Crippen MR) is 178 cm³/mol. The topological polar surface area (TPSA) is 122 Å². The summed E-state index contributed by atoms with van der Waals surface area (Å²) in [5.41, 5.74) is 2.82. The number of hydrogen-bond donors (Lipinski definition) is 2. The molecule has 13 heteroatoms. The van der Waals surface area contributed by atoms with Gasteiger partial charge in [-0.1, -0.05) is 48.6 Å². The third kappa shape index (κ3) is 7.35. The molecule has 0 radical (unpaired) electrons. The number of aryl methyl sites for hydroxylation is 1. The normalized spacial score (nSPS) is 12.9. The summed E-state index contributed by atoms with van der Waals surface area (Å²) in [4.78, 5) is 43.2. The van der Waals surface area contributed by atoms with E-state index >= 15 is 0 Å². The first kappa shape index (κ1) is 31.7. The Balaban J connectivity index is 1.36. The van der Waals surface area contributed by atoms with E-state index in [9.17, 15) is 9.59 Å². The molecule has 2 N–H and O–H groups in total. The van der Waals surface area contributed by atoms with E-state index in [-0.39, 0.29) is 11.8 Å². The maximum Gasteiger partial charge on any atom is 0.267 e. The summed E-state index contributed by atoms with van der Waals surface area (Å²) in [7, 11) is 1.56. The molecule has 0 aliphatic carbocycles. The molecule has 3 aromatic heterocycles. The molecular weight excluding hydrogens is 614 g/mol. The van der Waals surface area contributed by atoms with Crippen molar-refractivity contribution in [2.45, 2.75) is 20.3 Å². The van der Waals surface area contributed by atoms with Crippen LogP contribution in [-0.2, 0) is 4.79 Å². The van der Waals surface area contributed by atoms with Gasteiger partial charge in [0.1, 0.15) is 4.88 Å². The number of ether oxygens (including phenoxy) is 2. The number of amides is 2. The number of nitrogens with zero attached hydrogens (tertiary/aromatic N) is 5. The number of carbonyl (C=O) groups excluding carboxylic acids is 2. The van der Waals surface area contributed by atoms with E-state index in [2.05, 4.69) is 27.1 Å². The van der Waals surface area contributed by atoms with Crippen LogP contribution < -0.4 is 25.0 Å². The van der Waals surface area contributed by atoms with Gasteiger partial charge in [-0.2, -0.15) is 0 Å². The molecule has 1 saturated heterocycles. The molecule has 0 spiro atoms. The van der Waals surface area contributed by atoms with Gasteiger partial charge in [0, 0.05) is 37.9 Å². The van der Waals surface area contributed by atoms with Crippen molar-refractivity contribution in [1.29, 1.82) is 0 Å². The average molecular weight is 648 g/mol. The Kier molecular flexibility index (Phi) is 10.2. The molecule has 1 fully saturated rings. The molecule has 0 saturated carbocycles. The molecular formula is C32H34ClN7O4S. The summed E-state index contributed by atoms with van der Waals surface area (Å²) in [6.07, 6.45) is 5.44. The zero-order valence-corrected chi connectivity index (χ0v) is 26.9. The van der Waals surface area contributed by atoms with Crippen LogP contribution in [0, 0.1) is 6.92 Å². The molecule has 45 heavy (non-hydrogen) atoms. The lowest BCUT2D eigenvalue weighted by molar-refractivity contribution is -0.126. The Morgan fingerprint density at radius 1 is 1.11 bits per heavy atom. The third-order valence-corrected chi connectivity index (χ3v) is 8.38. The van der Waals surface area contributed by atoms with Crippen molar-refractivity contribution in [2.75, 3.05) is 55.4 Å². The number of thiazole rings is 1. The van der Waals surface area contributed by atoms with Crippen molar-refractivity contribution in [3.8, 4) is 22.8 Å². The lowest BCUT2D eigenvalue weighted by Gasteiger charge is -2.35. The van der Waals surface area contributed by atoms with E-state index in [1.54, 1.807) is 24.3 Å². The lowest BCUT2D eigenvalue weighted by Crippen LogP contribution is -2.48. The zero-order chi connectivity index (χ0) is 31.9. The standard InChI is InChI=1S/C32H34ClN7O4S/c1-5-16-44-25-17-21(18-34-30(25)40-14-12-39(13-15-40)27(41)6-2)23-10-11-24(43-4)29(36-23)38-32-35-19-26(45-32)31(42)37-28-20(3)8-7-9-22(28)33/h6-11,17-19H,2,5,12-16H2,1,3-4H3,(H,37,42)(H,35,36,38). The molecule has 2 amide bonds. The molecule has 5 rings (SSSR count). The van der Waals surface area contributed by atoms with Crippen molar-refractivity contribution in [1.82, 2.24) is 19.9 Å². The third-order valence-electron chi connectivity index (χ3n) is 7.15. The molecule has 0 atom stereocenters. The van der Waals surface area contributed by atoms with E-state index in [1.807, 2.05) is 44.2 Å². The van der Waals surface area contributed by atoms with Crippen molar-refractivity contribution >= 4 is 57.2 Å². The van der Waals surface area contributed by atoms with Crippen LogP contribution in [0.15, 0.2) is 61.4 Å². The molecule has 0 bridgehead atoms. The molecule has 1 aliphatic heterocycles. The van der Waals surface area contributed by atoms with Gasteiger partial charge in [-0.15, -0.1) is 0 Å². The van der Waals surface area contributed by atoms with Crippen molar-refractivity contribution < 1.29 is 19.1 Å². The summed E-state index contributed by atoms with van der Waals surface area (Å²) in [5.74, 6) is 1.93. The maximum atomic E-state index is 12.9. The fraction of sp³-hybridized carbons (Fsp3) is 0.281. The Bertz CT molecular complexity index is 1680. The summed E-state index contributed by atoms with van der Waals surface area (Å²) in [6.45, 7) is 10.5. The molecule has 4 aromatic rings. The van der Waals surface area contributed by atoms with Gasteiger partial charge in [-0.25, -0.2) is 15.0 Å². The highest BCUT2D eigenvalue weighted by molar-refractivity contribution is 7.17. The van der Waals surface area contributed by atoms with E-state index in [4.69, 9.17) is 31.0 Å². The van der Waals surface area contributed by atoms with E-state index < -0.39 is 0 Å². The molecule has 1 aliphatic rings. The predicted octanol–water partition coefficient (Wildman–Crippen LogP) is 6.19. The van der Waals surface area contributed by atoms with Crippen LogP contribution in [0.5, 0.6) is 11.5 Å². The largest absolute Gasteiger partial charge is 0.493 e. The number of piperazine rings is 1. The monoisotopic (exact) mass is 647 g/mol. The van der Waals surface area contributed by atoms with Gasteiger partial charge in [-0.3, -0.25) is 9.59 Å². The highest BCUT2D eigenvalue weighted by Crippen LogP contribution is 2.35. The van der Waals surface area contributed by atoms with Crippen molar-refractivity contribution in [3.05, 3.63) is 76.9 Å². The van der Waals surface area contributed by atoms with Crippen LogP contribution in [0.4, 0.5) is 22.5 Å². The number of para-hydroxylation sites is 1. The quantitative estimate of drug-likeness (QED) is 0.184. The van der Waals surface area contributed by atoms with Crippen LogP contribution in [-0.4, -0.2) is 71.6 Å². The number of methoxy groups -OCH3 is 1. The van der Waals surface area contributed by atoms with Crippen LogP contribution >= 0.6 is 22.9 Å². The second-order valence-corrected chi connectivity index (χ2v) is 11.6. The summed E-state index contributed by atoms with van der Waals surface area (Å²) >= 11 is 7.46. The zero-order valence-electron chi connectivity index (χ0n) is 25.3. The Morgan fingerprint density at radius 2 is 1.91 bits per heavy atom. The molecule has 1 aromatic carbocycles. The lowest BCUT2D eigenvalue weighted by atomic mass is 10.1. The number of carbonyl (C=O) groups is 2. The number of rotatable bonds is 11. The van der Waals surface area contributed by atoms with E-state index in [0.717, 1.165) is 23.4 Å². The van der Waals surface area contributed by atoms with Gasteiger partial charge in [0.05, 0.1) is 36.3 Å². The van der Waals surface area contributed by atoms with Crippen LogP contribution in [0.2, 0.25) is 5.02 Å². The molecule has 234 valence electrons. The smallest absolute Gasteiger partial charge is 0.267 e. The molecule has 4 heterocycles. The minimum absolute atomic E-state index is 0.0696. The molecule has 0 unspecified atom stereocenters. The van der Waals surface area contributed by atoms with E-state index in [0.29, 0.717) is 76.5 Å². The van der Waals surface area contributed by atoms with Crippen LogP contribution in [0.1, 0.15) is 28.6 Å². The highest BCUT2D eigenvalue weighted by Gasteiger charge is 2.24. The maximum absolute atomic E-state index is 12.9. The Labute approximate surface area is 270 Å². The van der Waals surface area contributed by atoms with Gasteiger partial charge in [0.15, 0.2) is 28.3 Å². The van der Waals surface area contributed by atoms with Gasteiger partial charge >= 0.3 is 0 Å².